The van der Waals surface area contributed by atoms with E-state index < -0.39 is 60.0 Å². The van der Waals surface area contributed by atoms with E-state index in [0.29, 0.717) is 38.8 Å². The lowest BCUT2D eigenvalue weighted by Crippen LogP contribution is -2.46. The first-order chi connectivity index (χ1) is 17.8. The van der Waals surface area contributed by atoms with Gasteiger partial charge in [-0.3, -0.25) is 9.59 Å². The van der Waals surface area contributed by atoms with E-state index >= 15 is 0 Å². The zero-order chi connectivity index (χ0) is 28.6. The molecule has 0 aliphatic carbocycles. The minimum absolute atomic E-state index is 0.323. The summed E-state index contributed by atoms with van der Waals surface area (Å²) in [6.45, 7) is 10.3. The minimum atomic E-state index is -1.20. The molecule has 4 atom stereocenters. The number of hydrogen-bond donors (Lipinski definition) is 0. The molecule has 38 heavy (non-hydrogen) atoms. The fourth-order valence-electron chi connectivity index (χ4n) is 4.30. The number of ether oxygens (including phenoxy) is 4. The quantitative estimate of drug-likeness (QED) is 0.226. The highest BCUT2D eigenvalue weighted by molar-refractivity contribution is 5.95. The molecular weight excluding hydrogens is 500 g/mol. The van der Waals surface area contributed by atoms with Crippen molar-refractivity contribution in [3.05, 3.63) is 12.2 Å². The number of hydrogen-bond acceptors (Lipinski definition) is 10. The molecule has 0 radical (unpaired) electrons. The van der Waals surface area contributed by atoms with Gasteiger partial charge in [-0.1, -0.05) is 0 Å². The van der Waals surface area contributed by atoms with Crippen LogP contribution in [0, 0.1) is 0 Å². The van der Waals surface area contributed by atoms with Crippen LogP contribution < -0.4 is 0 Å². The van der Waals surface area contributed by atoms with E-state index in [0.717, 1.165) is 12.2 Å². The van der Waals surface area contributed by atoms with Gasteiger partial charge in [-0.15, -0.1) is 0 Å². The third kappa shape index (κ3) is 8.56. The molecular formula is C26H38N2O10. The number of amides is 2. The number of esters is 4. The van der Waals surface area contributed by atoms with Crippen molar-refractivity contribution in [1.29, 1.82) is 0 Å². The van der Waals surface area contributed by atoms with Crippen LogP contribution in [0.5, 0.6) is 0 Å². The van der Waals surface area contributed by atoms with Crippen molar-refractivity contribution in [2.45, 2.75) is 104 Å². The van der Waals surface area contributed by atoms with Gasteiger partial charge in [0.05, 0.1) is 12.2 Å². The highest BCUT2D eigenvalue weighted by Gasteiger charge is 2.39. The van der Waals surface area contributed by atoms with Crippen LogP contribution in [0.3, 0.4) is 0 Å². The molecule has 0 aromatic rings. The Balaban J connectivity index is 1.86. The summed E-state index contributed by atoms with van der Waals surface area (Å²) >= 11 is 0. The minimum Gasteiger partial charge on any atom is -0.461 e. The lowest BCUT2D eigenvalue weighted by Gasteiger charge is -2.26. The molecule has 2 fully saturated rings. The van der Waals surface area contributed by atoms with Crippen molar-refractivity contribution in [3.8, 4) is 0 Å². The number of likely N-dealkylation sites (tertiary alicyclic amines) is 2. The molecule has 0 spiro atoms. The van der Waals surface area contributed by atoms with Crippen molar-refractivity contribution in [1.82, 2.24) is 9.80 Å². The Bertz CT molecular complexity index is 870. The second kappa shape index (κ2) is 13.9. The average Bonchev–Trinajstić information content (AvgIpc) is 3.51. The smallest absolute Gasteiger partial charge is 0.331 e. The predicted molar refractivity (Wildman–Crippen MR) is 132 cm³/mol. The van der Waals surface area contributed by atoms with Crippen molar-refractivity contribution >= 4 is 35.7 Å². The number of carbonyl (C=O) groups is 6. The molecule has 2 aliphatic heterocycles. The van der Waals surface area contributed by atoms with Crippen LogP contribution in [0.15, 0.2) is 12.2 Å². The molecule has 12 nitrogen and oxygen atoms in total. The van der Waals surface area contributed by atoms with Crippen LogP contribution in [0.4, 0.5) is 0 Å². The van der Waals surface area contributed by atoms with Gasteiger partial charge in [-0.2, -0.15) is 0 Å². The van der Waals surface area contributed by atoms with E-state index in [1.165, 1.54) is 23.6 Å². The summed E-state index contributed by atoms with van der Waals surface area (Å²) in [6.07, 6.45) is 0.673. The average molecular weight is 539 g/mol. The van der Waals surface area contributed by atoms with E-state index in [9.17, 15) is 28.8 Å². The van der Waals surface area contributed by atoms with E-state index in [2.05, 4.69) is 0 Å². The topological polar surface area (TPSA) is 146 Å². The molecule has 2 amide bonds. The maximum absolute atomic E-state index is 12.7. The normalized spacial score (nSPS) is 20.9. The SMILES string of the molecule is CC(C)OC(=O)[C@@H]1CCCN1C(=O)[C@H](C)OC(=O)/C=C/C(=O)O[C@@H](C)C(=O)N1CCC[C@H]1C(=O)OC(C)C. The van der Waals surface area contributed by atoms with Crippen LogP contribution >= 0.6 is 0 Å². The lowest BCUT2D eigenvalue weighted by molar-refractivity contribution is -0.163. The Labute approximate surface area is 222 Å². The van der Waals surface area contributed by atoms with Crippen molar-refractivity contribution in [3.63, 3.8) is 0 Å². The molecule has 0 saturated carbocycles. The zero-order valence-electron chi connectivity index (χ0n) is 22.8. The van der Waals surface area contributed by atoms with Crippen LogP contribution in [0.1, 0.15) is 67.2 Å². The first kappa shape index (κ1) is 30.8. The maximum Gasteiger partial charge on any atom is 0.331 e. The Morgan fingerprint density at radius 3 is 1.26 bits per heavy atom. The summed E-state index contributed by atoms with van der Waals surface area (Å²) in [4.78, 5) is 77.0. The lowest BCUT2D eigenvalue weighted by atomic mass is 10.2. The van der Waals surface area contributed by atoms with Gasteiger partial charge in [0.1, 0.15) is 12.1 Å². The molecule has 0 aromatic heterocycles. The molecule has 2 rings (SSSR count). The van der Waals surface area contributed by atoms with Crippen molar-refractivity contribution < 1.29 is 47.7 Å². The second-order valence-electron chi connectivity index (χ2n) is 9.84. The summed E-state index contributed by atoms with van der Waals surface area (Å²) in [5.41, 5.74) is 0. The van der Waals surface area contributed by atoms with Gasteiger partial charge >= 0.3 is 23.9 Å². The molecule has 2 aliphatic rings. The Morgan fingerprint density at radius 2 is 0.947 bits per heavy atom. The van der Waals surface area contributed by atoms with E-state index in [1.807, 2.05) is 0 Å². The fraction of sp³-hybridized carbons (Fsp3) is 0.692. The van der Waals surface area contributed by atoms with Gasteiger partial charge in [0, 0.05) is 25.2 Å². The first-order valence-corrected chi connectivity index (χ1v) is 12.9. The maximum atomic E-state index is 12.7. The molecule has 0 bridgehead atoms. The summed E-state index contributed by atoms with van der Waals surface area (Å²) in [5.74, 6) is -4.06. The van der Waals surface area contributed by atoms with Crippen molar-refractivity contribution in [2.24, 2.45) is 0 Å². The highest BCUT2D eigenvalue weighted by atomic mass is 16.6. The van der Waals surface area contributed by atoms with E-state index in [4.69, 9.17) is 18.9 Å². The monoisotopic (exact) mass is 538 g/mol. The summed E-state index contributed by atoms with van der Waals surface area (Å²) < 4.78 is 20.6. The molecule has 2 saturated heterocycles. The number of carbonyl (C=O) groups excluding carboxylic acids is 6. The Kier molecular flexibility index (Phi) is 11.3. The molecule has 212 valence electrons. The third-order valence-corrected chi connectivity index (χ3v) is 5.96. The van der Waals surface area contributed by atoms with Gasteiger partial charge in [0.2, 0.25) is 0 Å². The molecule has 12 heteroatoms. The Morgan fingerprint density at radius 1 is 0.605 bits per heavy atom. The largest absolute Gasteiger partial charge is 0.461 e. The molecule has 0 N–H and O–H groups in total. The molecule has 0 aromatic carbocycles. The summed E-state index contributed by atoms with van der Waals surface area (Å²) in [5, 5.41) is 0. The van der Waals surface area contributed by atoms with Crippen LogP contribution in [-0.2, 0) is 47.7 Å². The third-order valence-electron chi connectivity index (χ3n) is 5.96. The first-order valence-electron chi connectivity index (χ1n) is 12.9. The van der Waals surface area contributed by atoms with Gasteiger partial charge in [-0.05, 0) is 67.2 Å². The van der Waals surface area contributed by atoms with E-state index in [-0.39, 0.29) is 12.2 Å². The van der Waals surface area contributed by atoms with Crippen molar-refractivity contribution in [2.75, 3.05) is 13.1 Å². The highest BCUT2D eigenvalue weighted by Crippen LogP contribution is 2.22. The fourth-order valence-corrected chi connectivity index (χ4v) is 4.30. The van der Waals surface area contributed by atoms with Gasteiger partial charge in [-0.25, -0.2) is 19.2 Å². The number of rotatable bonds is 10. The zero-order valence-corrected chi connectivity index (χ0v) is 22.8. The Hall–Kier alpha value is -3.44. The van der Waals surface area contributed by atoms with E-state index in [1.54, 1.807) is 27.7 Å². The number of nitrogens with zero attached hydrogens (tertiary/aromatic N) is 2. The molecule has 0 unspecified atom stereocenters. The van der Waals surface area contributed by atoms with Gasteiger partial charge in [0.25, 0.3) is 11.8 Å². The standard InChI is InChI=1S/C26H38N2O10/c1-15(2)35-25(33)19-9-7-13-27(19)23(31)17(5)37-21(29)11-12-22(30)38-18(6)24(32)28-14-8-10-20(28)26(34)36-16(3)4/h11-12,15-20H,7-10,13-14H2,1-6H3/b12-11+/t17-,18-,19-,20-/m0/s1. The molecule has 2 heterocycles. The second-order valence-corrected chi connectivity index (χ2v) is 9.84. The van der Waals surface area contributed by atoms with Crippen LogP contribution in [-0.4, -0.2) is 95.1 Å². The van der Waals surface area contributed by atoms with Gasteiger partial charge in [0.15, 0.2) is 12.2 Å². The van der Waals surface area contributed by atoms with Crippen LogP contribution in [0.2, 0.25) is 0 Å². The summed E-state index contributed by atoms with van der Waals surface area (Å²) in [7, 11) is 0. The van der Waals surface area contributed by atoms with Gasteiger partial charge < -0.3 is 28.7 Å². The predicted octanol–water partition coefficient (Wildman–Crippen LogP) is 1.29. The summed E-state index contributed by atoms with van der Waals surface area (Å²) in [6, 6.07) is -1.48. The van der Waals surface area contributed by atoms with Crippen LogP contribution in [0.25, 0.3) is 0 Å².